The fourth-order valence-electron chi connectivity index (χ4n) is 2.14. The number of hydrogen-bond donors (Lipinski definition) is 2. The minimum absolute atomic E-state index is 0.0777. The van der Waals surface area contributed by atoms with Crippen LogP contribution in [-0.2, 0) is 26.3 Å². The molecule has 0 aliphatic carbocycles. The number of sulfonamides is 1. The second kappa shape index (κ2) is 7.33. The molecule has 2 aromatic rings. The van der Waals surface area contributed by atoms with Gasteiger partial charge in [-0.05, 0) is 48.4 Å². The van der Waals surface area contributed by atoms with E-state index in [9.17, 15) is 16.8 Å². The van der Waals surface area contributed by atoms with Gasteiger partial charge in [0, 0.05) is 12.2 Å². The first-order valence-corrected chi connectivity index (χ1v) is 10.6. The van der Waals surface area contributed by atoms with Crippen molar-refractivity contribution in [1.82, 2.24) is 0 Å². The Morgan fingerprint density at radius 3 is 1.92 bits per heavy atom. The summed E-state index contributed by atoms with van der Waals surface area (Å²) < 4.78 is 45.8. The van der Waals surface area contributed by atoms with Crippen LogP contribution < -0.4 is 10.5 Å². The molecule has 0 amide bonds. The summed E-state index contributed by atoms with van der Waals surface area (Å²) in [4.78, 5) is 0.404. The molecule has 8 heteroatoms. The lowest BCUT2D eigenvalue weighted by Crippen LogP contribution is -2.12. The lowest BCUT2D eigenvalue weighted by Gasteiger charge is -2.08. The standard InChI is InChI=1S/C16H20N2O4S2/c1-2-23(19,20)15-9-5-14(6-10-15)18-12-11-13-3-7-16(8-4-13)24(17,21)22/h3-10,18H,2,11-12H2,1H3,(H2,17,21,22). The third-order valence-electron chi connectivity index (χ3n) is 3.59. The van der Waals surface area contributed by atoms with Crippen LogP contribution in [0.2, 0.25) is 0 Å². The van der Waals surface area contributed by atoms with E-state index < -0.39 is 19.9 Å². The lowest BCUT2D eigenvalue weighted by atomic mass is 10.1. The van der Waals surface area contributed by atoms with Crippen LogP contribution in [0.1, 0.15) is 12.5 Å². The molecule has 0 heterocycles. The molecular weight excluding hydrogens is 348 g/mol. The molecule has 0 aliphatic heterocycles. The Hall–Kier alpha value is -1.90. The van der Waals surface area contributed by atoms with Gasteiger partial charge in [0.15, 0.2) is 9.84 Å². The van der Waals surface area contributed by atoms with Crippen LogP contribution in [0.3, 0.4) is 0 Å². The predicted octanol–water partition coefficient (Wildman–Crippen LogP) is 1.78. The third-order valence-corrected chi connectivity index (χ3v) is 6.27. The first-order chi connectivity index (χ1) is 11.2. The highest BCUT2D eigenvalue weighted by Crippen LogP contribution is 2.15. The van der Waals surface area contributed by atoms with Crippen LogP contribution >= 0.6 is 0 Å². The highest BCUT2D eigenvalue weighted by Gasteiger charge is 2.10. The predicted molar refractivity (Wildman–Crippen MR) is 94.2 cm³/mol. The van der Waals surface area contributed by atoms with E-state index in [1.54, 1.807) is 43.3 Å². The van der Waals surface area contributed by atoms with Gasteiger partial charge in [-0.25, -0.2) is 22.0 Å². The number of rotatable bonds is 7. The van der Waals surface area contributed by atoms with E-state index in [0.29, 0.717) is 17.9 Å². The molecule has 0 saturated heterocycles. The van der Waals surface area contributed by atoms with Crippen molar-refractivity contribution in [3.8, 4) is 0 Å². The van der Waals surface area contributed by atoms with E-state index in [-0.39, 0.29) is 10.6 Å². The molecule has 0 bridgehead atoms. The van der Waals surface area contributed by atoms with Gasteiger partial charge in [-0.2, -0.15) is 0 Å². The summed E-state index contributed by atoms with van der Waals surface area (Å²) >= 11 is 0. The first-order valence-electron chi connectivity index (χ1n) is 7.41. The molecule has 0 radical (unpaired) electrons. The number of primary sulfonamides is 1. The zero-order chi connectivity index (χ0) is 17.8. The minimum atomic E-state index is -3.67. The molecule has 6 nitrogen and oxygen atoms in total. The number of nitrogens with one attached hydrogen (secondary N) is 1. The van der Waals surface area contributed by atoms with Gasteiger partial charge in [0.05, 0.1) is 15.5 Å². The Labute approximate surface area is 142 Å². The summed E-state index contributed by atoms with van der Waals surface area (Å²) in [6.07, 6.45) is 0.694. The van der Waals surface area contributed by atoms with Gasteiger partial charge in [-0.1, -0.05) is 19.1 Å². The van der Waals surface area contributed by atoms with Crippen LogP contribution in [0.15, 0.2) is 58.3 Å². The van der Waals surface area contributed by atoms with Crippen molar-refractivity contribution in [3.05, 3.63) is 54.1 Å². The second-order valence-corrected chi connectivity index (χ2v) is 9.13. The SMILES string of the molecule is CCS(=O)(=O)c1ccc(NCCc2ccc(S(N)(=O)=O)cc2)cc1. The Morgan fingerprint density at radius 2 is 1.42 bits per heavy atom. The maximum Gasteiger partial charge on any atom is 0.238 e. The quantitative estimate of drug-likeness (QED) is 0.775. The van der Waals surface area contributed by atoms with E-state index in [0.717, 1.165) is 11.3 Å². The summed E-state index contributed by atoms with van der Waals surface area (Å²) in [5.74, 6) is 0.0777. The van der Waals surface area contributed by atoms with Crippen LogP contribution in [0.25, 0.3) is 0 Å². The number of hydrogen-bond acceptors (Lipinski definition) is 5. The maximum absolute atomic E-state index is 11.7. The number of sulfone groups is 1. The average molecular weight is 368 g/mol. The van der Waals surface area contributed by atoms with Gasteiger partial charge >= 0.3 is 0 Å². The monoisotopic (exact) mass is 368 g/mol. The topological polar surface area (TPSA) is 106 Å². The molecule has 2 aromatic carbocycles. The fraction of sp³-hybridized carbons (Fsp3) is 0.250. The lowest BCUT2D eigenvalue weighted by molar-refractivity contribution is 0.596. The Balaban J connectivity index is 1.93. The first kappa shape index (κ1) is 18.4. The average Bonchev–Trinajstić information content (AvgIpc) is 2.55. The zero-order valence-electron chi connectivity index (χ0n) is 13.3. The highest BCUT2D eigenvalue weighted by atomic mass is 32.2. The molecule has 0 atom stereocenters. The van der Waals surface area contributed by atoms with Gasteiger partial charge in [0.1, 0.15) is 0 Å². The Morgan fingerprint density at radius 1 is 0.875 bits per heavy atom. The van der Waals surface area contributed by atoms with Crippen LogP contribution in [0.5, 0.6) is 0 Å². The van der Waals surface area contributed by atoms with Crippen molar-refractivity contribution < 1.29 is 16.8 Å². The van der Waals surface area contributed by atoms with E-state index in [4.69, 9.17) is 5.14 Å². The van der Waals surface area contributed by atoms with E-state index >= 15 is 0 Å². The number of anilines is 1. The van der Waals surface area contributed by atoms with E-state index in [1.165, 1.54) is 12.1 Å². The normalized spacial score (nSPS) is 12.1. The van der Waals surface area contributed by atoms with Crippen LogP contribution in [0, 0.1) is 0 Å². The van der Waals surface area contributed by atoms with Crippen molar-refractivity contribution >= 4 is 25.5 Å². The fourth-order valence-corrected chi connectivity index (χ4v) is 3.54. The van der Waals surface area contributed by atoms with Gasteiger partial charge in [-0.15, -0.1) is 0 Å². The molecule has 0 fully saturated rings. The van der Waals surface area contributed by atoms with Gasteiger partial charge in [0.2, 0.25) is 10.0 Å². The highest BCUT2D eigenvalue weighted by molar-refractivity contribution is 7.91. The summed E-state index contributed by atoms with van der Waals surface area (Å²) in [5, 5.41) is 8.25. The molecular formula is C16H20N2O4S2. The Bertz CT molecular complexity index is 888. The van der Waals surface area contributed by atoms with Crippen molar-refractivity contribution in [3.63, 3.8) is 0 Å². The van der Waals surface area contributed by atoms with Gasteiger partial charge in [0.25, 0.3) is 0 Å². The van der Waals surface area contributed by atoms with E-state index in [1.807, 2.05) is 0 Å². The molecule has 0 unspecified atom stereocenters. The van der Waals surface area contributed by atoms with Crippen molar-refractivity contribution in [2.45, 2.75) is 23.1 Å². The van der Waals surface area contributed by atoms with Crippen molar-refractivity contribution in [1.29, 1.82) is 0 Å². The van der Waals surface area contributed by atoms with E-state index in [2.05, 4.69) is 5.32 Å². The molecule has 0 aromatic heterocycles. The van der Waals surface area contributed by atoms with Gasteiger partial charge in [-0.3, -0.25) is 0 Å². The van der Waals surface area contributed by atoms with Crippen LogP contribution in [-0.4, -0.2) is 29.1 Å². The number of nitrogens with two attached hydrogens (primary N) is 1. The molecule has 0 spiro atoms. The van der Waals surface area contributed by atoms with Crippen LogP contribution in [0.4, 0.5) is 5.69 Å². The van der Waals surface area contributed by atoms with Crippen molar-refractivity contribution in [2.24, 2.45) is 5.14 Å². The molecule has 3 N–H and O–H groups in total. The van der Waals surface area contributed by atoms with Gasteiger partial charge < -0.3 is 5.32 Å². The molecule has 0 saturated carbocycles. The molecule has 0 aliphatic rings. The largest absolute Gasteiger partial charge is 0.385 e. The maximum atomic E-state index is 11.7. The second-order valence-electron chi connectivity index (χ2n) is 5.29. The zero-order valence-corrected chi connectivity index (χ0v) is 14.9. The Kier molecular flexibility index (Phi) is 5.63. The molecule has 2 rings (SSSR count). The molecule has 24 heavy (non-hydrogen) atoms. The smallest absolute Gasteiger partial charge is 0.238 e. The van der Waals surface area contributed by atoms with Crippen molar-refractivity contribution in [2.75, 3.05) is 17.6 Å². The summed E-state index contributed by atoms with van der Waals surface area (Å²) in [7, 11) is -6.85. The molecule has 130 valence electrons. The summed E-state index contributed by atoms with van der Waals surface area (Å²) in [6.45, 7) is 2.25. The summed E-state index contributed by atoms with van der Waals surface area (Å²) in [6, 6.07) is 13.0. The summed E-state index contributed by atoms with van der Waals surface area (Å²) in [5.41, 5.74) is 1.80. The third kappa shape index (κ3) is 4.80. The minimum Gasteiger partial charge on any atom is -0.385 e. The number of benzene rings is 2.